The van der Waals surface area contributed by atoms with Crippen molar-refractivity contribution in [2.24, 2.45) is 0 Å². The van der Waals surface area contributed by atoms with Gasteiger partial charge in [0.15, 0.2) is 0 Å². The van der Waals surface area contributed by atoms with Crippen molar-refractivity contribution in [3.05, 3.63) is 48.3 Å². The molecule has 1 aromatic heterocycles. The smallest absolute Gasteiger partial charge is 0.0659 e. The summed E-state index contributed by atoms with van der Waals surface area (Å²) in [6.45, 7) is 4.29. The number of benzene rings is 1. The zero-order valence-corrected chi connectivity index (χ0v) is 14.0. The van der Waals surface area contributed by atoms with Crippen molar-refractivity contribution < 1.29 is 0 Å². The van der Waals surface area contributed by atoms with Crippen molar-refractivity contribution in [1.82, 2.24) is 15.1 Å². The average Bonchev–Trinajstić information content (AvgIpc) is 2.92. The van der Waals surface area contributed by atoms with Crippen molar-refractivity contribution in [2.75, 3.05) is 11.9 Å². The third-order valence-corrected chi connectivity index (χ3v) is 4.57. The van der Waals surface area contributed by atoms with Crippen LogP contribution in [-0.4, -0.2) is 28.4 Å². The van der Waals surface area contributed by atoms with Crippen LogP contribution >= 0.6 is 0 Å². The van der Waals surface area contributed by atoms with E-state index in [1.165, 1.54) is 49.9 Å². The van der Waals surface area contributed by atoms with Crippen molar-refractivity contribution >= 4 is 5.69 Å². The first kappa shape index (κ1) is 16.1. The maximum Gasteiger partial charge on any atom is 0.0659 e. The van der Waals surface area contributed by atoms with Gasteiger partial charge in [-0.05, 0) is 56.5 Å². The summed E-state index contributed by atoms with van der Waals surface area (Å²) in [5.41, 5.74) is 2.48. The van der Waals surface area contributed by atoms with E-state index in [4.69, 9.17) is 0 Å². The molecular weight excluding hydrogens is 284 g/mol. The molecule has 1 saturated heterocycles. The SMILES string of the molecule is CC(CC1CCCCCN1)Nc1ccc(Cn2cccn2)cc1. The second kappa shape index (κ2) is 8.16. The molecule has 1 aromatic carbocycles. The molecule has 0 radical (unpaired) electrons. The molecule has 4 heteroatoms. The van der Waals surface area contributed by atoms with Crippen LogP contribution in [0.15, 0.2) is 42.7 Å². The average molecular weight is 312 g/mol. The molecule has 23 heavy (non-hydrogen) atoms. The van der Waals surface area contributed by atoms with E-state index in [0.29, 0.717) is 12.1 Å². The Kier molecular flexibility index (Phi) is 5.70. The summed E-state index contributed by atoms with van der Waals surface area (Å²) < 4.78 is 1.95. The number of anilines is 1. The van der Waals surface area contributed by atoms with E-state index < -0.39 is 0 Å². The molecule has 2 atom stereocenters. The summed E-state index contributed by atoms with van der Waals surface area (Å²) in [5.74, 6) is 0. The third-order valence-electron chi connectivity index (χ3n) is 4.57. The number of nitrogens with zero attached hydrogens (tertiary/aromatic N) is 2. The van der Waals surface area contributed by atoms with Crippen LogP contribution in [-0.2, 0) is 6.54 Å². The molecule has 0 bridgehead atoms. The second-order valence-corrected chi connectivity index (χ2v) is 6.68. The van der Waals surface area contributed by atoms with Crippen LogP contribution in [0.4, 0.5) is 5.69 Å². The van der Waals surface area contributed by atoms with Crippen LogP contribution < -0.4 is 10.6 Å². The van der Waals surface area contributed by atoms with Gasteiger partial charge in [0.05, 0.1) is 6.54 Å². The molecule has 3 rings (SSSR count). The van der Waals surface area contributed by atoms with Gasteiger partial charge in [-0.1, -0.05) is 25.0 Å². The van der Waals surface area contributed by atoms with Gasteiger partial charge < -0.3 is 10.6 Å². The summed E-state index contributed by atoms with van der Waals surface area (Å²) >= 11 is 0. The largest absolute Gasteiger partial charge is 0.383 e. The maximum atomic E-state index is 4.25. The molecular formula is C19H28N4. The predicted octanol–water partition coefficient (Wildman–Crippen LogP) is 3.65. The van der Waals surface area contributed by atoms with E-state index in [0.717, 1.165) is 6.54 Å². The molecule has 0 aliphatic carbocycles. The monoisotopic (exact) mass is 312 g/mol. The quantitative estimate of drug-likeness (QED) is 0.855. The van der Waals surface area contributed by atoms with Crippen LogP contribution in [0.1, 0.15) is 44.6 Å². The zero-order chi connectivity index (χ0) is 15.9. The van der Waals surface area contributed by atoms with Gasteiger partial charge in [-0.2, -0.15) is 5.10 Å². The minimum Gasteiger partial charge on any atom is -0.383 e. The highest BCUT2D eigenvalue weighted by molar-refractivity contribution is 5.45. The number of hydrogen-bond acceptors (Lipinski definition) is 3. The molecule has 1 aliphatic rings. The lowest BCUT2D eigenvalue weighted by Gasteiger charge is -2.22. The lowest BCUT2D eigenvalue weighted by Crippen LogP contribution is -2.33. The number of nitrogens with one attached hydrogen (secondary N) is 2. The lowest BCUT2D eigenvalue weighted by atomic mass is 10.0. The van der Waals surface area contributed by atoms with Crippen molar-refractivity contribution in [3.63, 3.8) is 0 Å². The van der Waals surface area contributed by atoms with Crippen LogP contribution in [0.3, 0.4) is 0 Å². The molecule has 2 aromatic rings. The standard InChI is InChI=1S/C19H28N4/c1-16(14-19-6-3-2-4-11-20-19)22-18-9-7-17(8-10-18)15-23-13-5-12-21-23/h5,7-10,12-13,16,19-20,22H,2-4,6,11,14-15H2,1H3. The van der Waals surface area contributed by atoms with Crippen molar-refractivity contribution in [3.8, 4) is 0 Å². The molecule has 0 spiro atoms. The molecule has 0 amide bonds. The highest BCUT2D eigenvalue weighted by Crippen LogP contribution is 2.16. The molecule has 2 unspecified atom stereocenters. The Morgan fingerprint density at radius 3 is 2.91 bits per heavy atom. The third kappa shape index (κ3) is 5.10. The topological polar surface area (TPSA) is 41.9 Å². The Morgan fingerprint density at radius 1 is 1.26 bits per heavy atom. The van der Waals surface area contributed by atoms with E-state index in [1.54, 1.807) is 0 Å². The Balaban J connectivity index is 1.49. The molecule has 0 saturated carbocycles. The first-order valence-corrected chi connectivity index (χ1v) is 8.86. The van der Waals surface area contributed by atoms with Gasteiger partial charge in [-0.25, -0.2) is 0 Å². The zero-order valence-electron chi connectivity index (χ0n) is 14.0. The summed E-state index contributed by atoms with van der Waals surface area (Å²) in [7, 11) is 0. The predicted molar refractivity (Wildman–Crippen MR) is 95.7 cm³/mol. The number of hydrogen-bond donors (Lipinski definition) is 2. The summed E-state index contributed by atoms with van der Waals surface area (Å²) in [5, 5.41) is 11.6. The van der Waals surface area contributed by atoms with Gasteiger partial charge in [0.25, 0.3) is 0 Å². The Hall–Kier alpha value is -1.81. The van der Waals surface area contributed by atoms with Gasteiger partial charge >= 0.3 is 0 Å². The van der Waals surface area contributed by atoms with E-state index in [1.807, 2.05) is 23.1 Å². The first-order chi connectivity index (χ1) is 11.3. The minimum absolute atomic E-state index is 0.488. The summed E-state index contributed by atoms with van der Waals surface area (Å²) in [6.07, 6.45) is 10.4. The van der Waals surface area contributed by atoms with E-state index in [9.17, 15) is 0 Å². The van der Waals surface area contributed by atoms with Crippen LogP contribution in [0, 0.1) is 0 Å². The second-order valence-electron chi connectivity index (χ2n) is 6.68. The van der Waals surface area contributed by atoms with Gasteiger partial charge in [0.2, 0.25) is 0 Å². The number of rotatable bonds is 6. The highest BCUT2D eigenvalue weighted by Gasteiger charge is 2.14. The highest BCUT2D eigenvalue weighted by atomic mass is 15.3. The maximum absolute atomic E-state index is 4.25. The van der Waals surface area contributed by atoms with E-state index in [-0.39, 0.29) is 0 Å². The molecule has 2 heterocycles. The molecule has 1 aliphatic heterocycles. The van der Waals surface area contributed by atoms with Gasteiger partial charge in [-0.3, -0.25) is 4.68 Å². The van der Waals surface area contributed by atoms with Crippen molar-refractivity contribution in [1.29, 1.82) is 0 Å². The minimum atomic E-state index is 0.488. The van der Waals surface area contributed by atoms with Gasteiger partial charge in [0, 0.05) is 30.2 Å². The van der Waals surface area contributed by atoms with Crippen LogP contribution in [0.2, 0.25) is 0 Å². The first-order valence-electron chi connectivity index (χ1n) is 8.86. The Bertz CT molecular complexity index is 554. The fraction of sp³-hybridized carbons (Fsp3) is 0.526. The number of aromatic nitrogens is 2. The molecule has 2 N–H and O–H groups in total. The van der Waals surface area contributed by atoms with Gasteiger partial charge in [-0.15, -0.1) is 0 Å². The normalized spacial score (nSPS) is 20.0. The van der Waals surface area contributed by atoms with E-state index in [2.05, 4.69) is 46.9 Å². The van der Waals surface area contributed by atoms with Crippen molar-refractivity contribution in [2.45, 2.75) is 57.7 Å². The molecule has 1 fully saturated rings. The molecule has 124 valence electrons. The Labute approximate surface area is 139 Å². The van der Waals surface area contributed by atoms with Crippen LogP contribution in [0.25, 0.3) is 0 Å². The van der Waals surface area contributed by atoms with Crippen LogP contribution in [0.5, 0.6) is 0 Å². The fourth-order valence-corrected chi connectivity index (χ4v) is 3.36. The Morgan fingerprint density at radius 2 is 2.13 bits per heavy atom. The summed E-state index contributed by atoms with van der Waals surface area (Å²) in [6, 6.07) is 11.8. The van der Waals surface area contributed by atoms with Gasteiger partial charge in [0.1, 0.15) is 0 Å². The fourth-order valence-electron chi connectivity index (χ4n) is 3.36. The van der Waals surface area contributed by atoms with E-state index >= 15 is 0 Å². The lowest BCUT2D eigenvalue weighted by molar-refractivity contribution is 0.456. The summed E-state index contributed by atoms with van der Waals surface area (Å²) in [4.78, 5) is 0. The molecule has 4 nitrogen and oxygen atoms in total.